The first-order chi connectivity index (χ1) is 22.7. The van der Waals surface area contributed by atoms with Crippen LogP contribution in [0.5, 0.6) is 28.7 Å². The largest absolute Gasteiger partial charge is 0.493 e. The monoisotopic (exact) mass is 677 g/mol. The van der Waals surface area contributed by atoms with Gasteiger partial charge in [0.25, 0.3) is 11.2 Å². The number of pyridine rings is 1. The van der Waals surface area contributed by atoms with Gasteiger partial charge in [0.05, 0.1) is 51.4 Å². The summed E-state index contributed by atoms with van der Waals surface area (Å²) < 4.78 is 34.9. The van der Waals surface area contributed by atoms with Crippen LogP contribution in [0, 0.1) is 10.1 Å². The van der Waals surface area contributed by atoms with Crippen LogP contribution in [0.3, 0.4) is 0 Å². The molecular weight excluding hydrogens is 646 g/mol. The maximum atomic E-state index is 14.4. The summed E-state index contributed by atoms with van der Waals surface area (Å²) in [5.41, 5.74) is 6.94. The molecule has 5 rings (SSSR count). The number of aromatic nitrogens is 1. The number of fused-ring (bicyclic) bond motifs is 1. The Hall–Kier alpha value is -5.95. The molecule has 48 heavy (non-hydrogen) atoms. The second-order valence-electron chi connectivity index (χ2n) is 10.1. The number of rotatable bonds is 11. The van der Waals surface area contributed by atoms with Gasteiger partial charge in [-0.05, 0) is 60.2 Å². The predicted molar refractivity (Wildman–Crippen MR) is 182 cm³/mol. The summed E-state index contributed by atoms with van der Waals surface area (Å²) in [6.45, 7) is -0.189. The molecule has 2 N–H and O–H groups in total. The molecule has 0 aliphatic rings. The molecule has 0 radical (unpaired) electrons. The number of methoxy groups -OCH3 is 5. The van der Waals surface area contributed by atoms with Crippen molar-refractivity contribution >= 4 is 40.5 Å². The van der Waals surface area contributed by atoms with Crippen LogP contribution in [0.2, 0.25) is 0 Å². The molecule has 0 amide bonds. The van der Waals surface area contributed by atoms with Gasteiger partial charge in [0.2, 0.25) is 5.75 Å². The van der Waals surface area contributed by atoms with Crippen molar-refractivity contribution < 1.29 is 38.1 Å². The van der Waals surface area contributed by atoms with Gasteiger partial charge in [-0.15, -0.1) is 12.4 Å². The second-order valence-corrected chi connectivity index (χ2v) is 10.1. The number of para-hydroxylation sites is 1. The van der Waals surface area contributed by atoms with Crippen molar-refractivity contribution in [1.82, 2.24) is 4.57 Å². The topological polar surface area (TPSA) is 164 Å². The molecule has 0 fully saturated rings. The fourth-order valence-corrected chi connectivity index (χ4v) is 5.32. The van der Waals surface area contributed by atoms with Crippen molar-refractivity contribution in [3.05, 3.63) is 105 Å². The van der Waals surface area contributed by atoms with E-state index in [-0.39, 0.29) is 52.8 Å². The summed E-state index contributed by atoms with van der Waals surface area (Å²) in [4.78, 5) is 39.2. The van der Waals surface area contributed by atoms with Crippen LogP contribution in [0.4, 0.5) is 11.4 Å². The van der Waals surface area contributed by atoms with Crippen LogP contribution in [0.1, 0.15) is 16.1 Å². The molecule has 250 valence electrons. The van der Waals surface area contributed by atoms with Gasteiger partial charge in [-0.2, -0.15) is 0 Å². The molecule has 0 aliphatic carbocycles. The van der Waals surface area contributed by atoms with Crippen molar-refractivity contribution in [3.63, 3.8) is 0 Å². The number of benzene rings is 4. The molecule has 1 heterocycles. The quantitative estimate of drug-likeness (QED) is 0.0758. The van der Waals surface area contributed by atoms with Crippen molar-refractivity contribution in [2.45, 2.75) is 6.61 Å². The molecule has 1 aromatic heterocycles. The third kappa shape index (κ3) is 6.35. The van der Waals surface area contributed by atoms with E-state index in [1.54, 1.807) is 60.7 Å². The van der Waals surface area contributed by atoms with Crippen LogP contribution >= 0.6 is 12.4 Å². The third-order valence-corrected chi connectivity index (χ3v) is 7.52. The molecule has 0 unspecified atom stereocenters. The lowest BCUT2D eigenvalue weighted by molar-refractivity contribution is -0.385. The Morgan fingerprint density at radius 1 is 0.812 bits per heavy atom. The zero-order valence-corrected chi connectivity index (χ0v) is 27.4. The Morgan fingerprint density at radius 3 is 1.98 bits per heavy atom. The molecule has 0 saturated carbocycles. The normalized spacial score (nSPS) is 10.5. The maximum Gasteiger partial charge on any atom is 0.355 e. The van der Waals surface area contributed by atoms with Gasteiger partial charge in [-0.3, -0.25) is 19.5 Å². The molecule has 0 bridgehead atoms. The minimum absolute atomic E-state index is 0. The number of nitro benzene ring substituents is 1. The van der Waals surface area contributed by atoms with Gasteiger partial charge in [-0.25, -0.2) is 4.79 Å². The Balaban J connectivity index is 0.00000520. The first-order valence-electron chi connectivity index (χ1n) is 14.1. The van der Waals surface area contributed by atoms with E-state index in [0.717, 1.165) is 0 Å². The lowest BCUT2D eigenvalue weighted by atomic mass is 9.95. The predicted octanol–water partition coefficient (Wildman–Crippen LogP) is 5.97. The van der Waals surface area contributed by atoms with E-state index >= 15 is 0 Å². The highest BCUT2D eigenvalue weighted by Gasteiger charge is 2.28. The summed E-state index contributed by atoms with van der Waals surface area (Å²) >= 11 is 0. The van der Waals surface area contributed by atoms with Crippen LogP contribution < -0.4 is 35.0 Å². The van der Waals surface area contributed by atoms with Crippen LogP contribution in [0.25, 0.3) is 27.6 Å². The summed E-state index contributed by atoms with van der Waals surface area (Å²) in [5.74, 6) is 0.448. The number of carbonyl (C=O) groups is 1. The van der Waals surface area contributed by atoms with Crippen LogP contribution in [0.15, 0.2) is 77.6 Å². The molecule has 0 atom stereocenters. The highest BCUT2D eigenvalue weighted by Crippen LogP contribution is 2.45. The molecule has 13 nitrogen and oxygen atoms in total. The Labute approximate surface area is 280 Å². The lowest BCUT2D eigenvalue weighted by Gasteiger charge is -2.21. The maximum absolute atomic E-state index is 14.4. The minimum atomic E-state index is -0.805. The zero-order chi connectivity index (χ0) is 33.8. The summed E-state index contributed by atoms with van der Waals surface area (Å²) in [6.07, 6.45) is 0. The fourth-order valence-electron chi connectivity index (χ4n) is 5.32. The molecule has 0 aliphatic heterocycles. The number of ether oxygens (including phenoxy) is 6. The number of hydrogen-bond donors (Lipinski definition) is 1. The average Bonchev–Trinajstić information content (AvgIpc) is 3.09. The summed E-state index contributed by atoms with van der Waals surface area (Å²) in [6, 6.07) is 18.9. The highest BCUT2D eigenvalue weighted by molar-refractivity contribution is 6.08. The van der Waals surface area contributed by atoms with E-state index in [4.69, 9.17) is 34.2 Å². The van der Waals surface area contributed by atoms with Gasteiger partial charge in [-0.1, -0.05) is 12.1 Å². The smallest absolute Gasteiger partial charge is 0.355 e. The van der Waals surface area contributed by atoms with Crippen molar-refractivity contribution in [2.75, 3.05) is 41.3 Å². The second kappa shape index (κ2) is 14.6. The molecule has 4 aromatic carbocycles. The molecule has 14 heteroatoms. The lowest BCUT2D eigenvalue weighted by Crippen LogP contribution is -2.27. The van der Waals surface area contributed by atoms with E-state index in [1.807, 2.05) is 0 Å². The fraction of sp³-hybridized carbons (Fsp3) is 0.176. The van der Waals surface area contributed by atoms with Gasteiger partial charge in [0.15, 0.2) is 23.0 Å². The van der Waals surface area contributed by atoms with Crippen molar-refractivity contribution in [1.29, 1.82) is 0 Å². The number of halogens is 1. The Kier molecular flexibility index (Phi) is 10.7. The summed E-state index contributed by atoms with van der Waals surface area (Å²) in [7, 11) is 7.00. The zero-order valence-electron chi connectivity index (χ0n) is 26.6. The minimum Gasteiger partial charge on any atom is -0.493 e. The number of anilines is 1. The SMILES string of the molecule is COC(=O)c1c(-c2cc(OC)c(OC)c(OC)c2)c2cc(OC)c(OCc3ccccc3[N+](=O)[O-])cc2c(=O)n1-c1ccc(N)cc1.Cl. The van der Waals surface area contributed by atoms with Crippen molar-refractivity contribution in [2.24, 2.45) is 0 Å². The summed E-state index contributed by atoms with van der Waals surface area (Å²) in [5, 5.41) is 12.0. The van der Waals surface area contributed by atoms with Gasteiger partial charge >= 0.3 is 5.97 Å². The van der Waals surface area contributed by atoms with Gasteiger partial charge in [0, 0.05) is 28.4 Å². The van der Waals surface area contributed by atoms with Crippen LogP contribution in [-0.4, -0.2) is 51.0 Å². The van der Waals surface area contributed by atoms with E-state index in [9.17, 15) is 19.7 Å². The molecule has 0 saturated heterocycles. The molecular formula is C34H32ClN3O10. The number of nitro groups is 1. The number of carbonyl (C=O) groups excluding carboxylic acids is 1. The first-order valence-corrected chi connectivity index (χ1v) is 14.1. The van der Waals surface area contributed by atoms with E-state index in [0.29, 0.717) is 45.1 Å². The van der Waals surface area contributed by atoms with Gasteiger partial charge in [0.1, 0.15) is 12.3 Å². The number of nitrogen functional groups attached to an aromatic ring is 1. The number of nitrogens with two attached hydrogens (primary N) is 1. The van der Waals surface area contributed by atoms with E-state index < -0.39 is 16.5 Å². The molecule has 5 aromatic rings. The highest BCUT2D eigenvalue weighted by atomic mass is 35.5. The first kappa shape index (κ1) is 34.9. The van der Waals surface area contributed by atoms with Crippen molar-refractivity contribution in [3.8, 4) is 45.6 Å². The van der Waals surface area contributed by atoms with Crippen LogP contribution in [-0.2, 0) is 11.3 Å². The Bertz CT molecular complexity index is 2040. The van der Waals surface area contributed by atoms with E-state index in [2.05, 4.69) is 0 Å². The Morgan fingerprint density at radius 2 is 1.42 bits per heavy atom. The van der Waals surface area contributed by atoms with E-state index in [1.165, 1.54) is 52.2 Å². The number of nitrogens with zero attached hydrogens (tertiary/aromatic N) is 2. The molecule has 0 spiro atoms. The number of hydrogen-bond acceptors (Lipinski definition) is 11. The van der Waals surface area contributed by atoms with Gasteiger partial charge < -0.3 is 34.2 Å². The standard InChI is InChI=1S/C34H31N3O10.ClH/c1-42-26-16-23-24(17-27(26)47-18-19-8-6-7-9-25(19)37(40)41)33(38)36(22-12-10-21(35)11-13-22)31(34(39)46-5)30(23)20-14-28(43-2)32(45-4)29(15-20)44-3;/h6-17H,18,35H2,1-5H3;1H. The number of esters is 1. The third-order valence-electron chi connectivity index (χ3n) is 7.52. The average molecular weight is 678 g/mol.